The quantitative estimate of drug-likeness (QED) is 0.316. The van der Waals surface area contributed by atoms with Crippen LogP contribution in [-0.2, 0) is 4.79 Å². The molecule has 0 saturated carbocycles. The summed E-state index contributed by atoms with van der Waals surface area (Å²) in [6.45, 7) is 4.50. The van der Waals surface area contributed by atoms with Crippen LogP contribution in [0.1, 0.15) is 17.5 Å². The van der Waals surface area contributed by atoms with Crippen molar-refractivity contribution in [2.75, 3.05) is 17.2 Å². The van der Waals surface area contributed by atoms with E-state index in [1.807, 2.05) is 71.3 Å². The third-order valence-corrected chi connectivity index (χ3v) is 6.47. The Kier molecular flexibility index (Phi) is 7.41. The predicted molar refractivity (Wildman–Crippen MR) is 136 cm³/mol. The van der Waals surface area contributed by atoms with Crippen LogP contribution in [0.25, 0.3) is 17.1 Å². The number of amides is 1. The van der Waals surface area contributed by atoms with E-state index in [0.29, 0.717) is 11.7 Å². The number of hydrogen-bond donors (Lipinski definition) is 0. The molecule has 0 fully saturated rings. The number of para-hydroxylation sites is 1. The van der Waals surface area contributed by atoms with E-state index in [9.17, 15) is 4.79 Å². The molecule has 170 valence electrons. The molecule has 0 atom stereocenters. The van der Waals surface area contributed by atoms with Gasteiger partial charge in [-0.05, 0) is 49.2 Å². The minimum absolute atomic E-state index is 0.0812. The SMILES string of the molecule is Cc1ccc(-n2c(SCC(=O)N(CCC#N)c3ccccc3)nnc2-c2ccccc2)cc1C. The van der Waals surface area contributed by atoms with Crippen LogP contribution in [-0.4, -0.2) is 33.0 Å². The van der Waals surface area contributed by atoms with Crippen LogP contribution in [0.3, 0.4) is 0 Å². The minimum atomic E-state index is -0.0812. The maximum Gasteiger partial charge on any atom is 0.237 e. The fraction of sp³-hybridized carbons (Fsp3) is 0.185. The largest absolute Gasteiger partial charge is 0.311 e. The second kappa shape index (κ2) is 10.8. The summed E-state index contributed by atoms with van der Waals surface area (Å²) in [5.41, 5.74) is 5.06. The Bertz CT molecular complexity index is 1310. The van der Waals surface area contributed by atoms with Crippen molar-refractivity contribution in [2.45, 2.75) is 25.4 Å². The summed E-state index contributed by atoms with van der Waals surface area (Å²) >= 11 is 1.35. The van der Waals surface area contributed by atoms with E-state index >= 15 is 0 Å². The second-order valence-electron chi connectivity index (χ2n) is 7.85. The van der Waals surface area contributed by atoms with Crippen molar-refractivity contribution in [3.8, 4) is 23.1 Å². The Labute approximate surface area is 203 Å². The van der Waals surface area contributed by atoms with Gasteiger partial charge >= 0.3 is 0 Å². The maximum atomic E-state index is 13.2. The molecule has 4 rings (SSSR count). The smallest absolute Gasteiger partial charge is 0.237 e. The average molecular weight is 468 g/mol. The summed E-state index contributed by atoms with van der Waals surface area (Å²) in [6.07, 6.45) is 0.266. The van der Waals surface area contributed by atoms with Gasteiger partial charge in [0.1, 0.15) is 0 Å². The monoisotopic (exact) mass is 467 g/mol. The van der Waals surface area contributed by atoms with Gasteiger partial charge in [-0.2, -0.15) is 5.26 Å². The van der Waals surface area contributed by atoms with Gasteiger partial charge in [0.15, 0.2) is 11.0 Å². The number of thioether (sulfide) groups is 1. The molecule has 34 heavy (non-hydrogen) atoms. The van der Waals surface area contributed by atoms with Crippen molar-refractivity contribution in [3.63, 3.8) is 0 Å². The van der Waals surface area contributed by atoms with Crippen LogP contribution in [0.5, 0.6) is 0 Å². The van der Waals surface area contributed by atoms with Crippen LogP contribution >= 0.6 is 11.8 Å². The van der Waals surface area contributed by atoms with Crippen LogP contribution in [0.4, 0.5) is 5.69 Å². The number of aryl methyl sites for hydroxylation is 2. The third kappa shape index (κ3) is 5.19. The molecule has 0 radical (unpaired) electrons. The Morgan fingerprint density at radius 1 is 0.971 bits per heavy atom. The highest BCUT2D eigenvalue weighted by Crippen LogP contribution is 2.29. The van der Waals surface area contributed by atoms with E-state index < -0.39 is 0 Å². The van der Waals surface area contributed by atoms with E-state index in [1.165, 1.54) is 22.9 Å². The first-order valence-corrected chi connectivity index (χ1v) is 12.0. The average Bonchev–Trinajstić information content (AvgIpc) is 3.30. The molecule has 3 aromatic carbocycles. The molecule has 1 aromatic heterocycles. The number of nitrogens with zero attached hydrogens (tertiary/aromatic N) is 5. The van der Waals surface area contributed by atoms with Crippen molar-refractivity contribution >= 4 is 23.4 Å². The standard InChI is InChI=1S/C27H25N5OS/c1-20-14-15-24(18-21(20)2)32-26(22-10-5-3-6-11-22)29-30-27(32)34-19-25(33)31(17-9-16-28)23-12-7-4-8-13-23/h3-8,10-15,18H,9,17,19H2,1-2H3. The van der Waals surface area contributed by atoms with E-state index in [-0.39, 0.29) is 18.1 Å². The Morgan fingerprint density at radius 3 is 2.35 bits per heavy atom. The maximum absolute atomic E-state index is 13.2. The Morgan fingerprint density at radius 2 is 1.68 bits per heavy atom. The van der Waals surface area contributed by atoms with Crippen LogP contribution in [0.15, 0.2) is 84.0 Å². The molecule has 1 amide bonds. The molecule has 0 spiro atoms. The summed E-state index contributed by atoms with van der Waals surface area (Å²) in [6, 6.07) is 27.7. The molecule has 0 unspecified atom stereocenters. The molecule has 7 heteroatoms. The van der Waals surface area contributed by atoms with Gasteiger partial charge in [-0.3, -0.25) is 9.36 Å². The molecular weight excluding hydrogens is 442 g/mol. The molecule has 0 saturated heterocycles. The van der Waals surface area contributed by atoms with Gasteiger partial charge in [-0.1, -0.05) is 66.4 Å². The summed E-state index contributed by atoms with van der Waals surface area (Å²) < 4.78 is 2.00. The van der Waals surface area contributed by atoms with Gasteiger partial charge in [0.25, 0.3) is 0 Å². The van der Waals surface area contributed by atoms with Crippen molar-refractivity contribution in [3.05, 3.63) is 90.0 Å². The van der Waals surface area contributed by atoms with Crippen LogP contribution in [0, 0.1) is 25.2 Å². The number of benzene rings is 3. The van der Waals surface area contributed by atoms with Crippen LogP contribution in [0.2, 0.25) is 0 Å². The summed E-state index contributed by atoms with van der Waals surface area (Å²) in [5, 5.41) is 18.6. The van der Waals surface area contributed by atoms with Crippen molar-refractivity contribution < 1.29 is 4.79 Å². The van der Waals surface area contributed by atoms with Crippen molar-refractivity contribution in [2.24, 2.45) is 0 Å². The molecule has 0 aliphatic carbocycles. The summed E-state index contributed by atoms with van der Waals surface area (Å²) in [5.74, 6) is 0.823. The first-order valence-electron chi connectivity index (χ1n) is 11.0. The fourth-order valence-corrected chi connectivity index (χ4v) is 4.43. The highest BCUT2D eigenvalue weighted by atomic mass is 32.2. The molecule has 0 N–H and O–H groups in total. The highest BCUT2D eigenvalue weighted by molar-refractivity contribution is 7.99. The number of aromatic nitrogens is 3. The summed E-state index contributed by atoms with van der Waals surface area (Å²) in [7, 11) is 0. The lowest BCUT2D eigenvalue weighted by Gasteiger charge is -2.21. The lowest BCUT2D eigenvalue weighted by atomic mass is 10.1. The normalized spacial score (nSPS) is 10.6. The van der Waals surface area contributed by atoms with E-state index in [2.05, 4.69) is 42.2 Å². The number of carbonyl (C=O) groups excluding carboxylic acids is 1. The zero-order chi connectivity index (χ0) is 23.9. The van der Waals surface area contributed by atoms with E-state index in [4.69, 9.17) is 5.26 Å². The first-order chi connectivity index (χ1) is 16.6. The van der Waals surface area contributed by atoms with Gasteiger partial charge in [0.2, 0.25) is 5.91 Å². The summed E-state index contributed by atoms with van der Waals surface area (Å²) in [4.78, 5) is 14.8. The predicted octanol–water partition coefficient (Wildman–Crippen LogP) is 5.59. The van der Waals surface area contributed by atoms with E-state index in [0.717, 1.165) is 22.8 Å². The van der Waals surface area contributed by atoms with Crippen molar-refractivity contribution in [1.29, 1.82) is 5.26 Å². The number of hydrogen-bond acceptors (Lipinski definition) is 5. The number of rotatable bonds is 8. The zero-order valence-electron chi connectivity index (χ0n) is 19.2. The second-order valence-corrected chi connectivity index (χ2v) is 8.80. The minimum Gasteiger partial charge on any atom is -0.311 e. The van der Waals surface area contributed by atoms with Gasteiger partial charge in [-0.25, -0.2) is 0 Å². The zero-order valence-corrected chi connectivity index (χ0v) is 20.0. The van der Waals surface area contributed by atoms with Gasteiger partial charge < -0.3 is 4.90 Å². The highest BCUT2D eigenvalue weighted by Gasteiger charge is 2.20. The first kappa shape index (κ1) is 23.3. The molecule has 0 bridgehead atoms. The lowest BCUT2D eigenvalue weighted by Crippen LogP contribution is -2.33. The Balaban J connectivity index is 1.65. The van der Waals surface area contributed by atoms with Gasteiger partial charge in [-0.15, -0.1) is 10.2 Å². The molecule has 4 aromatic rings. The molecule has 6 nitrogen and oxygen atoms in total. The number of nitriles is 1. The molecular formula is C27H25N5OS. The lowest BCUT2D eigenvalue weighted by molar-refractivity contribution is -0.116. The van der Waals surface area contributed by atoms with Crippen LogP contribution < -0.4 is 4.90 Å². The van der Waals surface area contributed by atoms with E-state index in [1.54, 1.807) is 4.90 Å². The topological polar surface area (TPSA) is 74.8 Å². The van der Waals surface area contributed by atoms with Gasteiger partial charge in [0, 0.05) is 17.8 Å². The Hall–Kier alpha value is -3.89. The number of carbonyl (C=O) groups is 1. The third-order valence-electron chi connectivity index (χ3n) is 5.55. The van der Waals surface area contributed by atoms with Crippen molar-refractivity contribution in [1.82, 2.24) is 14.8 Å². The van der Waals surface area contributed by atoms with Gasteiger partial charge in [0.05, 0.1) is 23.9 Å². The molecule has 0 aliphatic heterocycles. The number of anilines is 1. The fourth-order valence-electron chi connectivity index (χ4n) is 3.61. The molecule has 0 aliphatic rings. The molecule has 1 heterocycles.